The highest BCUT2D eigenvalue weighted by Crippen LogP contribution is 2.26. The summed E-state index contributed by atoms with van der Waals surface area (Å²) in [6.45, 7) is 4.29. The number of piperidine rings is 1. The highest BCUT2D eigenvalue weighted by atomic mass is 79.9. The third kappa shape index (κ3) is 2.54. The van der Waals surface area contributed by atoms with E-state index in [1.165, 1.54) is 6.42 Å². The van der Waals surface area contributed by atoms with E-state index < -0.39 is 0 Å². The number of halogens is 1. The predicted molar refractivity (Wildman–Crippen MR) is 73.1 cm³/mol. The lowest BCUT2D eigenvalue weighted by Gasteiger charge is -2.39. The Kier molecular flexibility index (Phi) is 3.87. The number of rotatable bonds is 1. The highest BCUT2D eigenvalue weighted by molar-refractivity contribution is 9.10. The average molecular weight is 296 g/mol. The Bertz CT molecular complexity index is 408. The fourth-order valence-corrected chi connectivity index (χ4v) is 3.05. The largest absolute Gasteiger partial charge is 0.333 e. The smallest absolute Gasteiger partial charge is 0.255 e. The molecule has 1 aromatic carbocycles. The van der Waals surface area contributed by atoms with Crippen LogP contribution in [0.15, 0.2) is 28.7 Å². The minimum Gasteiger partial charge on any atom is -0.333 e. The topological polar surface area (TPSA) is 20.3 Å². The van der Waals surface area contributed by atoms with E-state index in [0.717, 1.165) is 22.9 Å². The maximum atomic E-state index is 12.5. The lowest BCUT2D eigenvalue weighted by molar-refractivity contribution is 0.0510. The van der Waals surface area contributed by atoms with Crippen molar-refractivity contribution >= 4 is 21.8 Å². The number of benzene rings is 1. The van der Waals surface area contributed by atoms with Gasteiger partial charge in [0.25, 0.3) is 5.91 Å². The van der Waals surface area contributed by atoms with Gasteiger partial charge in [0.15, 0.2) is 0 Å². The van der Waals surface area contributed by atoms with Gasteiger partial charge in [0.2, 0.25) is 0 Å². The second kappa shape index (κ2) is 5.21. The van der Waals surface area contributed by atoms with Crippen molar-refractivity contribution in [3.8, 4) is 0 Å². The van der Waals surface area contributed by atoms with Gasteiger partial charge in [0, 0.05) is 16.6 Å². The molecule has 0 unspecified atom stereocenters. The SMILES string of the molecule is C[C@@H]1CCC[C@H](C)N1C(=O)c1ccccc1Br. The number of amides is 1. The molecule has 17 heavy (non-hydrogen) atoms. The van der Waals surface area contributed by atoms with Crippen LogP contribution in [0.5, 0.6) is 0 Å². The summed E-state index contributed by atoms with van der Waals surface area (Å²) < 4.78 is 0.884. The van der Waals surface area contributed by atoms with Gasteiger partial charge in [-0.1, -0.05) is 12.1 Å². The molecule has 0 aromatic heterocycles. The van der Waals surface area contributed by atoms with Gasteiger partial charge in [-0.05, 0) is 61.2 Å². The molecular formula is C14H18BrNO. The first-order chi connectivity index (χ1) is 8.11. The summed E-state index contributed by atoms with van der Waals surface area (Å²) in [5, 5.41) is 0. The van der Waals surface area contributed by atoms with Crippen LogP contribution in [0, 0.1) is 0 Å². The van der Waals surface area contributed by atoms with E-state index in [0.29, 0.717) is 12.1 Å². The van der Waals surface area contributed by atoms with Crippen molar-refractivity contribution in [2.75, 3.05) is 0 Å². The minimum absolute atomic E-state index is 0.150. The van der Waals surface area contributed by atoms with E-state index >= 15 is 0 Å². The number of nitrogens with zero attached hydrogens (tertiary/aromatic N) is 1. The summed E-state index contributed by atoms with van der Waals surface area (Å²) in [5.41, 5.74) is 0.771. The first-order valence-corrected chi connectivity index (χ1v) is 6.97. The maximum absolute atomic E-state index is 12.5. The van der Waals surface area contributed by atoms with Gasteiger partial charge in [-0.25, -0.2) is 0 Å². The van der Waals surface area contributed by atoms with Crippen molar-refractivity contribution in [2.45, 2.75) is 45.2 Å². The summed E-state index contributed by atoms with van der Waals surface area (Å²) in [6.07, 6.45) is 3.45. The average Bonchev–Trinajstić information content (AvgIpc) is 2.29. The van der Waals surface area contributed by atoms with Crippen molar-refractivity contribution in [3.05, 3.63) is 34.3 Å². The van der Waals surface area contributed by atoms with Crippen LogP contribution >= 0.6 is 15.9 Å². The van der Waals surface area contributed by atoms with Crippen LogP contribution in [0.3, 0.4) is 0 Å². The molecule has 0 bridgehead atoms. The zero-order valence-corrected chi connectivity index (χ0v) is 11.9. The molecule has 1 aromatic rings. The van der Waals surface area contributed by atoms with Gasteiger partial charge in [-0.15, -0.1) is 0 Å². The Morgan fingerprint density at radius 2 is 1.82 bits per heavy atom. The monoisotopic (exact) mass is 295 g/mol. The Morgan fingerprint density at radius 1 is 1.24 bits per heavy atom. The number of likely N-dealkylation sites (tertiary alicyclic amines) is 1. The van der Waals surface area contributed by atoms with Gasteiger partial charge in [-0.2, -0.15) is 0 Å². The van der Waals surface area contributed by atoms with Crippen molar-refractivity contribution in [1.82, 2.24) is 4.90 Å². The van der Waals surface area contributed by atoms with Crippen molar-refractivity contribution in [3.63, 3.8) is 0 Å². The molecule has 2 atom stereocenters. The lowest BCUT2D eigenvalue weighted by atomic mass is 9.96. The molecule has 0 saturated carbocycles. The third-order valence-corrected chi connectivity index (χ3v) is 4.22. The van der Waals surface area contributed by atoms with Crippen LogP contribution in [0.2, 0.25) is 0 Å². The van der Waals surface area contributed by atoms with E-state index in [1.807, 2.05) is 29.2 Å². The first-order valence-electron chi connectivity index (χ1n) is 6.18. The summed E-state index contributed by atoms with van der Waals surface area (Å²) in [6, 6.07) is 8.35. The van der Waals surface area contributed by atoms with Gasteiger partial charge < -0.3 is 4.90 Å². The molecule has 3 heteroatoms. The van der Waals surface area contributed by atoms with Crippen molar-refractivity contribution < 1.29 is 4.79 Å². The number of carbonyl (C=O) groups is 1. The molecule has 0 radical (unpaired) electrons. The molecule has 2 nitrogen and oxygen atoms in total. The molecule has 1 aliphatic rings. The number of hydrogen-bond donors (Lipinski definition) is 0. The van der Waals surface area contributed by atoms with Gasteiger partial charge in [-0.3, -0.25) is 4.79 Å². The van der Waals surface area contributed by atoms with Crippen molar-refractivity contribution in [1.29, 1.82) is 0 Å². The molecule has 1 amide bonds. The lowest BCUT2D eigenvalue weighted by Crippen LogP contribution is -2.47. The van der Waals surface area contributed by atoms with Crippen LogP contribution in [-0.4, -0.2) is 22.9 Å². The summed E-state index contributed by atoms with van der Waals surface area (Å²) in [7, 11) is 0. The second-order valence-electron chi connectivity index (χ2n) is 4.82. The molecule has 1 fully saturated rings. The Labute approximate surface area is 111 Å². The maximum Gasteiger partial charge on any atom is 0.255 e. The van der Waals surface area contributed by atoms with Gasteiger partial charge in [0.05, 0.1) is 5.56 Å². The first kappa shape index (κ1) is 12.6. The van der Waals surface area contributed by atoms with E-state index in [4.69, 9.17) is 0 Å². The molecule has 92 valence electrons. The molecule has 0 spiro atoms. The number of hydrogen-bond acceptors (Lipinski definition) is 1. The van der Waals surface area contributed by atoms with E-state index in [9.17, 15) is 4.79 Å². The molecule has 1 heterocycles. The van der Waals surface area contributed by atoms with Gasteiger partial charge in [0.1, 0.15) is 0 Å². The van der Waals surface area contributed by atoms with Crippen LogP contribution in [-0.2, 0) is 0 Å². The Morgan fingerprint density at radius 3 is 2.41 bits per heavy atom. The summed E-state index contributed by atoms with van der Waals surface area (Å²) in [5.74, 6) is 0.150. The molecular weight excluding hydrogens is 278 g/mol. The Hall–Kier alpha value is -0.830. The van der Waals surface area contributed by atoms with E-state index in [1.54, 1.807) is 0 Å². The minimum atomic E-state index is 0.150. The van der Waals surface area contributed by atoms with Crippen molar-refractivity contribution in [2.24, 2.45) is 0 Å². The number of carbonyl (C=O) groups excluding carboxylic acids is 1. The quantitative estimate of drug-likeness (QED) is 0.771. The zero-order valence-electron chi connectivity index (χ0n) is 10.3. The standard InChI is InChI=1S/C14H18BrNO/c1-10-6-5-7-11(2)16(10)14(17)12-8-3-4-9-13(12)15/h3-4,8-11H,5-7H2,1-2H3/t10-,11+. The van der Waals surface area contributed by atoms with E-state index in [-0.39, 0.29) is 5.91 Å². The van der Waals surface area contributed by atoms with Crippen LogP contribution in [0.1, 0.15) is 43.5 Å². The highest BCUT2D eigenvalue weighted by Gasteiger charge is 2.30. The predicted octanol–water partition coefficient (Wildman–Crippen LogP) is 3.85. The third-order valence-electron chi connectivity index (χ3n) is 3.53. The fraction of sp³-hybridized carbons (Fsp3) is 0.500. The van der Waals surface area contributed by atoms with Gasteiger partial charge >= 0.3 is 0 Å². The van der Waals surface area contributed by atoms with Crippen LogP contribution < -0.4 is 0 Å². The molecule has 1 aliphatic heterocycles. The fourth-order valence-electron chi connectivity index (χ4n) is 2.60. The van der Waals surface area contributed by atoms with Crippen LogP contribution in [0.25, 0.3) is 0 Å². The second-order valence-corrected chi connectivity index (χ2v) is 5.68. The molecule has 1 saturated heterocycles. The van der Waals surface area contributed by atoms with Crippen LogP contribution in [0.4, 0.5) is 0 Å². The van der Waals surface area contributed by atoms with E-state index in [2.05, 4.69) is 29.8 Å². The molecule has 0 N–H and O–H groups in total. The molecule has 2 rings (SSSR count). The normalized spacial score (nSPS) is 24.8. The zero-order chi connectivity index (χ0) is 12.4. The molecule has 0 aliphatic carbocycles. The Balaban J connectivity index is 2.27. The summed E-state index contributed by atoms with van der Waals surface area (Å²) in [4.78, 5) is 14.6. The summed E-state index contributed by atoms with van der Waals surface area (Å²) >= 11 is 3.46.